The monoisotopic (exact) mass is 270 g/mol. The van der Waals surface area contributed by atoms with Gasteiger partial charge < -0.3 is 9.09 Å². The second kappa shape index (κ2) is 4.71. The van der Waals surface area contributed by atoms with Crippen molar-refractivity contribution in [2.45, 2.75) is 6.42 Å². The molecule has 19 heavy (non-hydrogen) atoms. The minimum Gasteiger partial charge on any atom is -0.345 e. The predicted molar refractivity (Wildman–Crippen MR) is 70.5 cm³/mol. The predicted octanol–water partition coefficient (Wildman–Crippen LogP) is 2.60. The van der Waals surface area contributed by atoms with Crippen molar-refractivity contribution in [1.82, 2.24) is 14.7 Å². The van der Waals surface area contributed by atoms with Gasteiger partial charge in [-0.05, 0) is 17.5 Å². The van der Waals surface area contributed by atoms with Crippen molar-refractivity contribution >= 4 is 11.3 Å². The Kier molecular flexibility index (Phi) is 2.89. The number of nitriles is 1. The molecule has 3 aromatic rings. The molecule has 0 spiro atoms. The quantitative estimate of drug-likeness (QED) is 0.733. The molecule has 0 saturated carbocycles. The fourth-order valence-corrected chi connectivity index (χ4v) is 2.54. The van der Waals surface area contributed by atoms with E-state index in [9.17, 15) is 0 Å². The lowest BCUT2D eigenvalue weighted by Gasteiger charge is -1.94. The first kappa shape index (κ1) is 11.7. The summed E-state index contributed by atoms with van der Waals surface area (Å²) in [4.78, 5) is 5.55. The van der Waals surface area contributed by atoms with Crippen LogP contribution in [0.3, 0.4) is 0 Å². The van der Waals surface area contributed by atoms with Crippen LogP contribution in [0.25, 0.3) is 11.6 Å². The number of hydrogen-bond donors (Lipinski definition) is 0. The van der Waals surface area contributed by atoms with Gasteiger partial charge in [0, 0.05) is 24.5 Å². The Morgan fingerprint density at radius 2 is 2.42 bits per heavy atom. The van der Waals surface area contributed by atoms with E-state index in [1.807, 2.05) is 24.6 Å². The van der Waals surface area contributed by atoms with E-state index >= 15 is 0 Å². The normalized spacial score (nSPS) is 10.5. The van der Waals surface area contributed by atoms with E-state index in [4.69, 9.17) is 9.78 Å². The second-order valence-corrected chi connectivity index (χ2v) is 5.14. The first-order chi connectivity index (χ1) is 9.26. The van der Waals surface area contributed by atoms with Crippen LogP contribution in [0.4, 0.5) is 0 Å². The summed E-state index contributed by atoms with van der Waals surface area (Å²) in [6, 6.07) is 7.87. The number of hydrogen-bond acceptors (Lipinski definition) is 5. The number of aryl methyl sites for hydroxylation is 1. The summed E-state index contributed by atoms with van der Waals surface area (Å²) >= 11 is 1.66. The molecule has 0 unspecified atom stereocenters. The maximum absolute atomic E-state index is 8.87. The molecule has 94 valence electrons. The number of rotatable bonds is 3. The van der Waals surface area contributed by atoms with Crippen LogP contribution in [-0.2, 0) is 13.5 Å². The van der Waals surface area contributed by atoms with E-state index < -0.39 is 0 Å². The van der Waals surface area contributed by atoms with Gasteiger partial charge in [-0.2, -0.15) is 10.2 Å². The molecule has 0 N–H and O–H groups in total. The van der Waals surface area contributed by atoms with E-state index in [2.05, 4.69) is 16.2 Å². The summed E-state index contributed by atoms with van der Waals surface area (Å²) < 4.78 is 7.06. The Balaban J connectivity index is 1.88. The smallest absolute Gasteiger partial charge is 0.274 e. The first-order valence-corrected chi connectivity index (χ1v) is 6.56. The second-order valence-electron chi connectivity index (χ2n) is 4.11. The third-order valence-electron chi connectivity index (χ3n) is 2.73. The van der Waals surface area contributed by atoms with E-state index in [0.717, 1.165) is 5.69 Å². The molecule has 0 amide bonds. The maximum Gasteiger partial charge on any atom is 0.274 e. The molecule has 0 aliphatic carbocycles. The minimum absolute atomic E-state index is 0.440. The molecular formula is C13H10N4OS. The van der Waals surface area contributed by atoms with Crippen molar-refractivity contribution in [3.63, 3.8) is 0 Å². The highest BCUT2D eigenvalue weighted by Gasteiger charge is 2.13. The van der Waals surface area contributed by atoms with Crippen LogP contribution in [0.15, 0.2) is 34.3 Å². The van der Waals surface area contributed by atoms with Gasteiger partial charge >= 0.3 is 0 Å². The zero-order valence-electron chi connectivity index (χ0n) is 10.2. The van der Waals surface area contributed by atoms with Crippen LogP contribution in [0.1, 0.15) is 16.3 Å². The maximum atomic E-state index is 8.87. The van der Waals surface area contributed by atoms with Gasteiger partial charge in [-0.1, -0.05) is 11.2 Å². The molecule has 0 radical (unpaired) electrons. The fourth-order valence-electron chi connectivity index (χ4n) is 1.84. The van der Waals surface area contributed by atoms with Crippen molar-refractivity contribution in [2.24, 2.45) is 7.05 Å². The fraction of sp³-hybridized carbons (Fsp3) is 0.154. The van der Waals surface area contributed by atoms with Gasteiger partial charge in [-0.3, -0.25) is 0 Å². The average molecular weight is 270 g/mol. The molecule has 3 aromatic heterocycles. The van der Waals surface area contributed by atoms with Gasteiger partial charge in [0.15, 0.2) is 5.82 Å². The van der Waals surface area contributed by atoms with E-state index in [0.29, 0.717) is 23.7 Å². The Labute approximate surface area is 113 Å². The molecule has 0 atom stereocenters. The highest BCUT2D eigenvalue weighted by molar-refractivity contribution is 7.09. The molecule has 0 saturated heterocycles. The summed E-state index contributed by atoms with van der Waals surface area (Å²) in [6.45, 7) is 0. The SMILES string of the molecule is Cn1cc(C#N)cc1-c1nc(Cc2cccs2)no1. The summed E-state index contributed by atoms with van der Waals surface area (Å²) in [7, 11) is 1.85. The van der Waals surface area contributed by atoms with E-state index in [1.165, 1.54) is 4.88 Å². The lowest BCUT2D eigenvalue weighted by atomic mass is 10.3. The summed E-state index contributed by atoms with van der Waals surface area (Å²) in [5, 5.41) is 14.9. The molecule has 0 aromatic carbocycles. The van der Waals surface area contributed by atoms with Crippen LogP contribution in [-0.4, -0.2) is 14.7 Å². The van der Waals surface area contributed by atoms with Gasteiger partial charge in [-0.25, -0.2) is 0 Å². The van der Waals surface area contributed by atoms with Gasteiger partial charge in [0.2, 0.25) is 0 Å². The third kappa shape index (κ3) is 2.28. The minimum atomic E-state index is 0.440. The number of thiophene rings is 1. The Morgan fingerprint density at radius 3 is 3.11 bits per heavy atom. The van der Waals surface area contributed by atoms with Gasteiger partial charge in [0.1, 0.15) is 11.8 Å². The largest absolute Gasteiger partial charge is 0.345 e. The first-order valence-electron chi connectivity index (χ1n) is 5.68. The van der Waals surface area contributed by atoms with Crippen LogP contribution in [0, 0.1) is 11.3 Å². The van der Waals surface area contributed by atoms with Crippen LogP contribution < -0.4 is 0 Å². The summed E-state index contributed by atoms with van der Waals surface area (Å²) in [6.07, 6.45) is 2.40. The zero-order chi connectivity index (χ0) is 13.2. The lowest BCUT2D eigenvalue weighted by Crippen LogP contribution is -1.90. The van der Waals surface area contributed by atoms with Gasteiger partial charge in [0.25, 0.3) is 5.89 Å². The Bertz CT molecular complexity index is 733. The van der Waals surface area contributed by atoms with Crippen molar-refractivity contribution in [2.75, 3.05) is 0 Å². The van der Waals surface area contributed by atoms with Gasteiger partial charge in [0.05, 0.1) is 5.56 Å². The topological polar surface area (TPSA) is 67.6 Å². The Morgan fingerprint density at radius 1 is 1.53 bits per heavy atom. The molecule has 3 heterocycles. The van der Waals surface area contributed by atoms with Crippen molar-refractivity contribution < 1.29 is 4.52 Å². The highest BCUT2D eigenvalue weighted by Crippen LogP contribution is 2.21. The van der Waals surface area contributed by atoms with Crippen LogP contribution >= 0.6 is 11.3 Å². The molecular weight excluding hydrogens is 260 g/mol. The van der Waals surface area contributed by atoms with Crippen LogP contribution in [0.2, 0.25) is 0 Å². The Hall–Kier alpha value is -2.39. The number of nitrogens with zero attached hydrogens (tertiary/aromatic N) is 4. The van der Waals surface area contributed by atoms with Crippen LogP contribution in [0.5, 0.6) is 0 Å². The summed E-state index contributed by atoms with van der Waals surface area (Å²) in [5.41, 5.74) is 1.33. The standard InChI is InChI=1S/C13H10N4OS/c1-17-8-9(7-14)5-11(17)13-15-12(16-18-13)6-10-3-2-4-19-10/h2-5,8H,6H2,1H3. The molecule has 0 aliphatic rings. The van der Waals surface area contributed by atoms with E-state index in [-0.39, 0.29) is 0 Å². The molecule has 3 rings (SSSR count). The molecule has 5 nitrogen and oxygen atoms in total. The van der Waals surface area contributed by atoms with Crippen molar-refractivity contribution in [1.29, 1.82) is 5.26 Å². The van der Waals surface area contributed by atoms with Crippen molar-refractivity contribution in [3.8, 4) is 17.7 Å². The third-order valence-corrected chi connectivity index (χ3v) is 3.61. The van der Waals surface area contributed by atoms with Gasteiger partial charge in [-0.15, -0.1) is 11.3 Å². The molecule has 0 fully saturated rings. The molecule has 0 bridgehead atoms. The number of aromatic nitrogens is 3. The summed E-state index contributed by atoms with van der Waals surface area (Å²) in [5.74, 6) is 1.09. The lowest BCUT2D eigenvalue weighted by molar-refractivity contribution is 0.421. The zero-order valence-corrected chi connectivity index (χ0v) is 11.0. The molecule has 6 heteroatoms. The highest BCUT2D eigenvalue weighted by atomic mass is 32.1. The van der Waals surface area contributed by atoms with Crippen molar-refractivity contribution in [3.05, 3.63) is 46.0 Å². The van der Waals surface area contributed by atoms with E-state index in [1.54, 1.807) is 28.2 Å². The average Bonchev–Trinajstić information content (AvgIpc) is 3.10. The molecule has 0 aliphatic heterocycles.